The standard InChI is InChI=1S/C19H16FNO3/c1-12-4-3-5-13(8-12)11-24-18-10-17(19(22)23-2)21-16-7-6-14(20)9-15(16)18/h3-10H,11H2,1-2H3. The van der Waals surface area contributed by atoms with Gasteiger partial charge in [-0.25, -0.2) is 14.2 Å². The number of fused-ring (bicyclic) bond motifs is 1. The van der Waals surface area contributed by atoms with E-state index in [2.05, 4.69) is 4.98 Å². The van der Waals surface area contributed by atoms with Gasteiger partial charge >= 0.3 is 5.97 Å². The number of hydrogen-bond acceptors (Lipinski definition) is 4. The molecule has 2 aromatic carbocycles. The van der Waals surface area contributed by atoms with Gasteiger partial charge in [0.05, 0.1) is 12.6 Å². The number of aryl methyl sites for hydroxylation is 1. The summed E-state index contributed by atoms with van der Waals surface area (Å²) >= 11 is 0. The molecule has 24 heavy (non-hydrogen) atoms. The van der Waals surface area contributed by atoms with Gasteiger partial charge in [0, 0.05) is 11.5 Å². The molecule has 0 saturated carbocycles. The monoisotopic (exact) mass is 325 g/mol. The number of rotatable bonds is 4. The summed E-state index contributed by atoms with van der Waals surface area (Å²) in [5.41, 5.74) is 2.70. The lowest BCUT2D eigenvalue weighted by Gasteiger charge is -2.11. The summed E-state index contributed by atoms with van der Waals surface area (Å²) < 4.78 is 24.1. The minimum absolute atomic E-state index is 0.121. The van der Waals surface area contributed by atoms with Crippen LogP contribution in [0.3, 0.4) is 0 Å². The predicted molar refractivity (Wildman–Crippen MR) is 88.6 cm³/mol. The van der Waals surface area contributed by atoms with E-state index in [1.165, 1.54) is 31.4 Å². The van der Waals surface area contributed by atoms with Gasteiger partial charge < -0.3 is 9.47 Å². The van der Waals surface area contributed by atoms with Crippen molar-refractivity contribution in [3.05, 3.63) is 71.2 Å². The molecule has 0 fully saturated rings. The fraction of sp³-hybridized carbons (Fsp3) is 0.158. The highest BCUT2D eigenvalue weighted by Crippen LogP contribution is 2.27. The summed E-state index contributed by atoms with van der Waals surface area (Å²) in [7, 11) is 1.28. The second-order valence-corrected chi connectivity index (χ2v) is 5.44. The van der Waals surface area contributed by atoms with E-state index in [0.29, 0.717) is 23.3 Å². The molecule has 1 heterocycles. The molecular formula is C19H16FNO3. The third kappa shape index (κ3) is 3.35. The Balaban J connectivity index is 2.00. The van der Waals surface area contributed by atoms with E-state index in [0.717, 1.165) is 11.1 Å². The van der Waals surface area contributed by atoms with Crippen molar-refractivity contribution >= 4 is 16.9 Å². The van der Waals surface area contributed by atoms with Crippen molar-refractivity contribution in [2.75, 3.05) is 7.11 Å². The van der Waals surface area contributed by atoms with Crippen molar-refractivity contribution in [3.8, 4) is 5.75 Å². The van der Waals surface area contributed by atoms with Crippen molar-refractivity contribution in [1.82, 2.24) is 4.98 Å². The van der Waals surface area contributed by atoms with Gasteiger partial charge in [-0.15, -0.1) is 0 Å². The molecule has 4 nitrogen and oxygen atoms in total. The van der Waals surface area contributed by atoms with Gasteiger partial charge in [0.15, 0.2) is 5.69 Å². The van der Waals surface area contributed by atoms with Crippen LogP contribution in [0.25, 0.3) is 10.9 Å². The van der Waals surface area contributed by atoms with Crippen LogP contribution < -0.4 is 4.74 Å². The lowest BCUT2D eigenvalue weighted by atomic mass is 10.1. The highest BCUT2D eigenvalue weighted by molar-refractivity contribution is 5.94. The van der Waals surface area contributed by atoms with Gasteiger partial charge in [-0.05, 0) is 30.7 Å². The molecule has 1 aromatic heterocycles. The van der Waals surface area contributed by atoms with E-state index in [1.807, 2.05) is 31.2 Å². The van der Waals surface area contributed by atoms with Crippen LogP contribution in [-0.2, 0) is 11.3 Å². The van der Waals surface area contributed by atoms with E-state index >= 15 is 0 Å². The SMILES string of the molecule is COC(=O)c1cc(OCc2cccc(C)c2)c2cc(F)ccc2n1. The Hall–Kier alpha value is -2.95. The minimum Gasteiger partial charge on any atom is -0.488 e. The van der Waals surface area contributed by atoms with Crippen LogP contribution in [0.4, 0.5) is 4.39 Å². The fourth-order valence-corrected chi connectivity index (χ4v) is 2.46. The van der Waals surface area contributed by atoms with E-state index in [-0.39, 0.29) is 5.69 Å². The van der Waals surface area contributed by atoms with Crippen LogP contribution in [-0.4, -0.2) is 18.1 Å². The molecule has 0 aliphatic carbocycles. The average molecular weight is 325 g/mol. The van der Waals surface area contributed by atoms with Crippen LogP contribution >= 0.6 is 0 Å². The first-order valence-corrected chi connectivity index (χ1v) is 7.44. The van der Waals surface area contributed by atoms with Gasteiger partial charge in [0.2, 0.25) is 0 Å². The molecule has 0 spiro atoms. The van der Waals surface area contributed by atoms with Gasteiger partial charge in [-0.1, -0.05) is 29.8 Å². The van der Waals surface area contributed by atoms with E-state index in [4.69, 9.17) is 9.47 Å². The lowest BCUT2D eigenvalue weighted by Crippen LogP contribution is -2.06. The molecular weight excluding hydrogens is 309 g/mol. The highest BCUT2D eigenvalue weighted by atomic mass is 19.1. The van der Waals surface area contributed by atoms with Crippen LogP contribution in [0.1, 0.15) is 21.6 Å². The topological polar surface area (TPSA) is 48.4 Å². The number of aromatic nitrogens is 1. The van der Waals surface area contributed by atoms with Crippen molar-refractivity contribution in [2.24, 2.45) is 0 Å². The maximum atomic E-state index is 13.6. The highest BCUT2D eigenvalue weighted by Gasteiger charge is 2.14. The lowest BCUT2D eigenvalue weighted by molar-refractivity contribution is 0.0594. The first-order valence-electron chi connectivity index (χ1n) is 7.44. The molecule has 0 radical (unpaired) electrons. The van der Waals surface area contributed by atoms with Gasteiger partial charge in [0.1, 0.15) is 18.2 Å². The summed E-state index contributed by atoms with van der Waals surface area (Å²) in [6.07, 6.45) is 0. The number of ether oxygens (including phenoxy) is 2. The van der Waals surface area contributed by atoms with Crippen LogP contribution in [0.15, 0.2) is 48.5 Å². The molecule has 0 aliphatic rings. The maximum absolute atomic E-state index is 13.6. The Morgan fingerprint density at radius 2 is 2.00 bits per heavy atom. The zero-order chi connectivity index (χ0) is 17.1. The predicted octanol–water partition coefficient (Wildman–Crippen LogP) is 4.05. The third-order valence-corrected chi connectivity index (χ3v) is 3.60. The zero-order valence-corrected chi connectivity index (χ0v) is 13.4. The van der Waals surface area contributed by atoms with Crippen LogP contribution in [0, 0.1) is 12.7 Å². The number of hydrogen-bond donors (Lipinski definition) is 0. The minimum atomic E-state index is -0.568. The molecule has 5 heteroatoms. The number of pyridine rings is 1. The summed E-state index contributed by atoms with van der Waals surface area (Å²) in [5, 5.41) is 0.510. The Bertz CT molecular complexity index is 908. The molecule has 0 saturated heterocycles. The third-order valence-electron chi connectivity index (χ3n) is 3.60. The Morgan fingerprint density at radius 1 is 1.17 bits per heavy atom. The number of carbonyl (C=O) groups is 1. The zero-order valence-electron chi connectivity index (χ0n) is 13.4. The van der Waals surface area contributed by atoms with Gasteiger partial charge in [0.25, 0.3) is 0 Å². The van der Waals surface area contributed by atoms with E-state index < -0.39 is 11.8 Å². The van der Waals surface area contributed by atoms with Crippen molar-refractivity contribution in [2.45, 2.75) is 13.5 Å². The number of benzene rings is 2. The Kier molecular flexibility index (Phi) is 4.42. The Morgan fingerprint density at radius 3 is 2.75 bits per heavy atom. The summed E-state index contributed by atoms with van der Waals surface area (Å²) in [6, 6.07) is 13.5. The molecule has 122 valence electrons. The van der Waals surface area contributed by atoms with E-state index in [1.54, 1.807) is 0 Å². The average Bonchev–Trinajstić information content (AvgIpc) is 2.59. The molecule has 0 aliphatic heterocycles. The first-order chi connectivity index (χ1) is 11.6. The summed E-state index contributed by atoms with van der Waals surface area (Å²) in [4.78, 5) is 16.0. The largest absolute Gasteiger partial charge is 0.488 e. The van der Waals surface area contributed by atoms with E-state index in [9.17, 15) is 9.18 Å². The second-order valence-electron chi connectivity index (χ2n) is 5.44. The van der Waals surface area contributed by atoms with Crippen LogP contribution in [0.5, 0.6) is 5.75 Å². The molecule has 0 unspecified atom stereocenters. The summed E-state index contributed by atoms with van der Waals surface area (Å²) in [6.45, 7) is 2.30. The molecule has 0 amide bonds. The molecule has 0 N–H and O–H groups in total. The fourth-order valence-electron chi connectivity index (χ4n) is 2.46. The maximum Gasteiger partial charge on any atom is 0.356 e. The van der Waals surface area contributed by atoms with Gasteiger partial charge in [-0.3, -0.25) is 0 Å². The second kappa shape index (κ2) is 6.66. The van der Waals surface area contributed by atoms with Crippen molar-refractivity contribution < 1.29 is 18.7 Å². The molecule has 3 aromatic rings. The van der Waals surface area contributed by atoms with Gasteiger partial charge in [-0.2, -0.15) is 0 Å². The van der Waals surface area contributed by atoms with Crippen molar-refractivity contribution in [1.29, 1.82) is 0 Å². The quantitative estimate of drug-likeness (QED) is 0.679. The number of esters is 1. The van der Waals surface area contributed by atoms with Crippen LogP contribution in [0.2, 0.25) is 0 Å². The molecule has 0 atom stereocenters. The van der Waals surface area contributed by atoms with Crippen molar-refractivity contribution in [3.63, 3.8) is 0 Å². The number of methoxy groups -OCH3 is 1. The number of carbonyl (C=O) groups excluding carboxylic acids is 1. The normalized spacial score (nSPS) is 10.6. The molecule has 0 bridgehead atoms. The molecule has 3 rings (SSSR count). The number of nitrogens with zero attached hydrogens (tertiary/aromatic N) is 1. The number of halogens is 1. The smallest absolute Gasteiger partial charge is 0.356 e. The first kappa shape index (κ1) is 15.9. The Labute approximate surface area is 138 Å². The summed E-state index contributed by atoms with van der Waals surface area (Å²) in [5.74, 6) is -0.571.